The first-order valence-corrected chi connectivity index (χ1v) is 11.7. The van der Waals surface area contributed by atoms with Gasteiger partial charge in [-0.25, -0.2) is 4.98 Å². The number of amides is 1. The minimum absolute atomic E-state index is 0.0464. The van der Waals surface area contributed by atoms with Crippen LogP contribution in [0.5, 0.6) is 0 Å². The molecule has 3 fully saturated rings. The number of aromatic nitrogens is 1. The normalized spacial score (nSPS) is 22.9. The summed E-state index contributed by atoms with van der Waals surface area (Å²) in [6.45, 7) is 4.22. The summed E-state index contributed by atoms with van der Waals surface area (Å²) >= 11 is 0. The quantitative estimate of drug-likeness (QED) is 0.716. The van der Waals surface area contributed by atoms with E-state index in [9.17, 15) is 14.7 Å². The minimum atomic E-state index is -0.747. The molecule has 170 valence electrons. The van der Waals surface area contributed by atoms with Crippen LogP contribution in [0.4, 0.5) is 11.6 Å². The van der Waals surface area contributed by atoms with Gasteiger partial charge in [-0.2, -0.15) is 0 Å². The highest BCUT2D eigenvalue weighted by Gasteiger charge is 2.27. The average Bonchev–Trinajstić information content (AvgIpc) is 2.80. The largest absolute Gasteiger partial charge is 0.481 e. The smallest absolute Gasteiger partial charge is 0.303 e. The van der Waals surface area contributed by atoms with Crippen LogP contribution in [0.15, 0.2) is 12.1 Å². The fourth-order valence-corrected chi connectivity index (χ4v) is 5.00. The molecule has 31 heavy (non-hydrogen) atoms. The Labute approximate surface area is 184 Å². The predicted octanol–water partition coefficient (Wildman–Crippen LogP) is 2.67. The molecule has 1 saturated carbocycles. The van der Waals surface area contributed by atoms with Crippen molar-refractivity contribution < 1.29 is 19.4 Å². The Kier molecular flexibility index (Phi) is 7.27. The molecule has 0 bridgehead atoms. The summed E-state index contributed by atoms with van der Waals surface area (Å²) in [6.07, 6.45) is 7.76. The standard InChI is InChI=1S/C23H34N4O4/c28-21(29)15-17-5-4-10-27(16-17)20-9-8-19(22(25-20)26-11-13-31-14-12-26)23(30)24-18-6-2-1-3-7-18/h8-9,17-18H,1-7,10-16H2,(H,24,30)(H,28,29). The maximum absolute atomic E-state index is 13.1. The van der Waals surface area contributed by atoms with Gasteiger partial charge in [0.15, 0.2) is 0 Å². The molecule has 2 saturated heterocycles. The van der Waals surface area contributed by atoms with Gasteiger partial charge in [0, 0.05) is 38.6 Å². The number of carboxylic acid groups (broad SMARTS) is 1. The lowest BCUT2D eigenvalue weighted by atomic mass is 9.95. The number of anilines is 2. The molecule has 1 aromatic heterocycles. The number of ether oxygens (including phenoxy) is 1. The van der Waals surface area contributed by atoms with Crippen molar-refractivity contribution in [1.82, 2.24) is 10.3 Å². The predicted molar refractivity (Wildman–Crippen MR) is 119 cm³/mol. The highest BCUT2D eigenvalue weighted by molar-refractivity contribution is 5.99. The molecule has 0 aromatic carbocycles. The van der Waals surface area contributed by atoms with Crippen molar-refractivity contribution >= 4 is 23.5 Å². The molecule has 0 spiro atoms. The number of hydrogen-bond acceptors (Lipinski definition) is 6. The Balaban J connectivity index is 1.55. The summed E-state index contributed by atoms with van der Waals surface area (Å²) in [4.78, 5) is 33.6. The van der Waals surface area contributed by atoms with Gasteiger partial charge < -0.3 is 25.0 Å². The van der Waals surface area contributed by atoms with Gasteiger partial charge in [-0.15, -0.1) is 0 Å². The van der Waals surface area contributed by atoms with Crippen LogP contribution >= 0.6 is 0 Å². The second-order valence-corrected chi connectivity index (χ2v) is 9.00. The van der Waals surface area contributed by atoms with Crippen LogP contribution in [0.2, 0.25) is 0 Å². The van der Waals surface area contributed by atoms with Crippen LogP contribution in [-0.2, 0) is 9.53 Å². The third-order valence-corrected chi connectivity index (χ3v) is 6.66. The first kappa shape index (κ1) is 21.9. The topological polar surface area (TPSA) is 95.0 Å². The Morgan fingerprint density at radius 1 is 1.03 bits per heavy atom. The van der Waals surface area contributed by atoms with E-state index in [4.69, 9.17) is 9.72 Å². The van der Waals surface area contributed by atoms with Crippen LogP contribution in [0.3, 0.4) is 0 Å². The maximum atomic E-state index is 13.1. The molecule has 8 nitrogen and oxygen atoms in total. The Bertz CT molecular complexity index is 775. The zero-order chi connectivity index (χ0) is 21.6. The van der Waals surface area contributed by atoms with E-state index in [1.54, 1.807) is 0 Å². The number of aliphatic carboxylic acids is 1. The van der Waals surface area contributed by atoms with Gasteiger partial charge in [0.2, 0.25) is 0 Å². The molecule has 1 aliphatic carbocycles. The van der Waals surface area contributed by atoms with Gasteiger partial charge in [0.25, 0.3) is 5.91 Å². The summed E-state index contributed by atoms with van der Waals surface area (Å²) in [6, 6.07) is 4.06. The number of hydrogen-bond donors (Lipinski definition) is 2. The number of rotatable bonds is 6. The molecule has 1 amide bonds. The van der Waals surface area contributed by atoms with E-state index in [0.29, 0.717) is 38.4 Å². The monoisotopic (exact) mass is 430 g/mol. The van der Waals surface area contributed by atoms with E-state index >= 15 is 0 Å². The Hall–Kier alpha value is -2.35. The first-order valence-electron chi connectivity index (χ1n) is 11.7. The lowest BCUT2D eigenvalue weighted by Crippen LogP contribution is -2.41. The number of piperidine rings is 1. The van der Waals surface area contributed by atoms with Crippen LogP contribution in [-0.4, -0.2) is 67.4 Å². The van der Waals surface area contributed by atoms with Gasteiger partial charge in [0.05, 0.1) is 18.8 Å². The summed E-state index contributed by atoms with van der Waals surface area (Å²) < 4.78 is 5.50. The van der Waals surface area contributed by atoms with E-state index in [-0.39, 0.29) is 24.3 Å². The van der Waals surface area contributed by atoms with Gasteiger partial charge in [-0.3, -0.25) is 9.59 Å². The average molecular weight is 431 g/mol. The second-order valence-electron chi connectivity index (χ2n) is 9.00. The molecule has 4 rings (SSSR count). The maximum Gasteiger partial charge on any atom is 0.303 e. The van der Waals surface area contributed by atoms with Gasteiger partial charge >= 0.3 is 5.97 Å². The molecule has 0 radical (unpaired) electrons. The first-order chi connectivity index (χ1) is 15.1. The Morgan fingerprint density at radius 2 is 1.81 bits per heavy atom. The van der Waals surface area contributed by atoms with Crippen LogP contribution in [0.25, 0.3) is 0 Å². The minimum Gasteiger partial charge on any atom is -0.481 e. The highest BCUT2D eigenvalue weighted by Crippen LogP contribution is 2.28. The van der Waals surface area contributed by atoms with Gasteiger partial charge in [-0.05, 0) is 43.7 Å². The van der Waals surface area contributed by atoms with Crippen molar-refractivity contribution in [1.29, 1.82) is 0 Å². The molecule has 2 aliphatic heterocycles. The van der Waals surface area contributed by atoms with Crippen LogP contribution in [0, 0.1) is 5.92 Å². The summed E-state index contributed by atoms with van der Waals surface area (Å²) in [5.41, 5.74) is 0.621. The number of nitrogens with one attached hydrogen (secondary N) is 1. The van der Waals surface area contributed by atoms with E-state index in [1.807, 2.05) is 12.1 Å². The number of pyridine rings is 1. The third-order valence-electron chi connectivity index (χ3n) is 6.66. The number of morpholine rings is 1. The third kappa shape index (κ3) is 5.67. The van der Waals surface area contributed by atoms with Gasteiger partial charge in [0.1, 0.15) is 11.6 Å². The lowest BCUT2D eigenvalue weighted by molar-refractivity contribution is -0.138. The summed E-state index contributed by atoms with van der Waals surface area (Å²) in [7, 11) is 0. The molecule has 2 N–H and O–H groups in total. The number of carbonyl (C=O) groups excluding carboxylic acids is 1. The molecule has 1 unspecified atom stereocenters. The molecule has 1 aromatic rings. The SMILES string of the molecule is O=C(O)CC1CCCN(c2ccc(C(=O)NC3CCCCC3)c(N3CCOCC3)n2)C1. The molecular weight excluding hydrogens is 396 g/mol. The van der Waals surface area contributed by atoms with Crippen LogP contribution in [0.1, 0.15) is 61.7 Å². The fourth-order valence-electron chi connectivity index (χ4n) is 5.00. The van der Waals surface area contributed by atoms with Gasteiger partial charge in [-0.1, -0.05) is 19.3 Å². The van der Waals surface area contributed by atoms with E-state index in [2.05, 4.69) is 15.1 Å². The second kappa shape index (κ2) is 10.3. The fraction of sp³-hybridized carbons (Fsp3) is 0.696. The summed E-state index contributed by atoms with van der Waals surface area (Å²) in [5, 5.41) is 12.4. The van der Waals surface area contributed by atoms with E-state index in [0.717, 1.165) is 43.9 Å². The number of nitrogens with zero attached hydrogens (tertiary/aromatic N) is 3. The molecule has 3 heterocycles. The van der Waals surface area contributed by atoms with Crippen molar-refractivity contribution in [3.63, 3.8) is 0 Å². The zero-order valence-corrected chi connectivity index (χ0v) is 18.2. The summed E-state index contributed by atoms with van der Waals surface area (Å²) in [5.74, 6) is 0.882. The van der Waals surface area contributed by atoms with Crippen molar-refractivity contribution in [3.05, 3.63) is 17.7 Å². The van der Waals surface area contributed by atoms with Crippen molar-refractivity contribution in [2.24, 2.45) is 5.92 Å². The Morgan fingerprint density at radius 3 is 2.55 bits per heavy atom. The van der Waals surface area contributed by atoms with Crippen molar-refractivity contribution in [3.8, 4) is 0 Å². The molecule has 3 aliphatic rings. The highest BCUT2D eigenvalue weighted by atomic mass is 16.5. The molecular formula is C23H34N4O4. The van der Waals surface area contributed by atoms with Crippen molar-refractivity contribution in [2.45, 2.75) is 57.4 Å². The molecule has 1 atom stereocenters. The zero-order valence-electron chi connectivity index (χ0n) is 18.2. The van der Waals surface area contributed by atoms with Crippen molar-refractivity contribution in [2.75, 3.05) is 49.2 Å². The number of carbonyl (C=O) groups is 2. The molecule has 8 heteroatoms. The van der Waals surface area contributed by atoms with E-state index in [1.165, 1.54) is 19.3 Å². The van der Waals surface area contributed by atoms with E-state index < -0.39 is 5.97 Å². The number of carboxylic acids is 1. The van der Waals surface area contributed by atoms with Crippen LogP contribution < -0.4 is 15.1 Å². The lowest BCUT2D eigenvalue weighted by Gasteiger charge is -2.35.